The molecule has 1 N–H and O–H groups in total. The Bertz CT molecular complexity index is 149. The van der Waals surface area contributed by atoms with Crippen molar-refractivity contribution in [3.63, 3.8) is 0 Å². The van der Waals surface area contributed by atoms with Crippen molar-refractivity contribution in [3.8, 4) is 0 Å². The summed E-state index contributed by atoms with van der Waals surface area (Å²) in [6.45, 7) is 0. The number of hydrogen-bond acceptors (Lipinski definition) is 3. The number of aliphatic hydroxyl groups is 1. The largest absolute Gasteiger partial charge is 0.393 e. The van der Waals surface area contributed by atoms with Crippen LogP contribution in [0.1, 0.15) is 38.5 Å². The van der Waals surface area contributed by atoms with E-state index in [1.54, 1.807) is 0 Å². The summed E-state index contributed by atoms with van der Waals surface area (Å²) in [6.07, 6.45) is 6.88. The maximum atomic E-state index is 9.33. The van der Waals surface area contributed by atoms with Gasteiger partial charge < -0.3 is 9.84 Å². The Kier molecular flexibility index (Phi) is 3.52. The van der Waals surface area contributed by atoms with Crippen molar-refractivity contribution >= 4 is 11.8 Å². The van der Waals surface area contributed by atoms with E-state index in [4.69, 9.17) is 4.74 Å². The number of aliphatic hydroxyl groups excluding tert-OH is 1. The minimum absolute atomic E-state index is 0.0592. The molecule has 2 rings (SSSR count). The van der Waals surface area contributed by atoms with Crippen molar-refractivity contribution in [2.45, 2.75) is 56.2 Å². The summed E-state index contributed by atoms with van der Waals surface area (Å²) in [5.74, 6) is 1.26. The van der Waals surface area contributed by atoms with Crippen LogP contribution in [0.5, 0.6) is 0 Å². The molecule has 2 aliphatic rings. The van der Waals surface area contributed by atoms with Crippen LogP contribution in [0.2, 0.25) is 0 Å². The highest BCUT2D eigenvalue weighted by Gasteiger charge is 2.24. The molecule has 0 aromatic heterocycles. The number of ether oxygens (including phenoxy) is 1. The van der Waals surface area contributed by atoms with Crippen LogP contribution in [0.15, 0.2) is 0 Å². The second-order valence-electron chi connectivity index (χ2n) is 4.01. The zero-order chi connectivity index (χ0) is 9.10. The SMILES string of the molecule is OC1CCC(OC2CCCS2)CC1. The standard InChI is InChI=1S/C10H18O2S/c11-8-3-5-9(6-4-8)12-10-2-1-7-13-10/h8-11H,1-7H2. The molecule has 3 heteroatoms. The van der Waals surface area contributed by atoms with Gasteiger partial charge in [0.2, 0.25) is 0 Å². The Labute approximate surface area is 84.0 Å². The summed E-state index contributed by atoms with van der Waals surface area (Å²) in [4.78, 5) is 0. The number of hydrogen-bond donors (Lipinski definition) is 1. The van der Waals surface area contributed by atoms with Crippen LogP contribution in [0, 0.1) is 0 Å². The molecule has 0 aromatic rings. The first-order valence-electron chi connectivity index (χ1n) is 5.30. The Balaban J connectivity index is 1.69. The van der Waals surface area contributed by atoms with E-state index < -0.39 is 0 Å². The third-order valence-electron chi connectivity index (χ3n) is 2.88. The quantitative estimate of drug-likeness (QED) is 0.744. The van der Waals surface area contributed by atoms with Crippen LogP contribution in [0.4, 0.5) is 0 Å². The Morgan fingerprint density at radius 2 is 1.85 bits per heavy atom. The van der Waals surface area contributed by atoms with E-state index in [2.05, 4.69) is 0 Å². The molecule has 1 aliphatic heterocycles. The predicted octanol–water partition coefficient (Wildman–Crippen LogP) is 2.16. The van der Waals surface area contributed by atoms with Gasteiger partial charge in [-0.25, -0.2) is 0 Å². The molecule has 0 amide bonds. The van der Waals surface area contributed by atoms with Crippen LogP contribution in [-0.2, 0) is 4.74 Å². The molecule has 0 bridgehead atoms. The maximum absolute atomic E-state index is 9.33. The normalized spacial score (nSPS) is 40.8. The molecule has 1 saturated carbocycles. The topological polar surface area (TPSA) is 29.5 Å². The van der Waals surface area contributed by atoms with Crippen LogP contribution in [-0.4, -0.2) is 28.5 Å². The van der Waals surface area contributed by atoms with Gasteiger partial charge in [0.25, 0.3) is 0 Å². The Morgan fingerprint density at radius 1 is 1.08 bits per heavy atom. The van der Waals surface area contributed by atoms with Gasteiger partial charge in [-0.2, -0.15) is 0 Å². The molecular weight excluding hydrogens is 184 g/mol. The molecule has 2 nitrogen and oxygen atoms in total. The lowest BCUT2D eigenvalue weighted by atomic mass is 9.95. The van der Waals surface area contributed by atoms with Crippen molar-refractivity contribution in [2.24, 2.45) is 0 Å². The molecular formula is C10H18O2S. The Hall–Kier alpha value is 0.270. The van der Waals surface area contributed by atoms with Gasteiger partial charge in [-0.1, -0.05) is 0 Å². The van der Waals surface area contributed by atoms with Crippen molar-refractivity contribution < 1.29 is 9.84 Å². The van der Waals surface area contributed by atoms with Crippen LogP contribution >= 0.6 is 11.8 Å². The second-order valence-corrected chi connectivity index (χ2v) is 5.28. The number of thioether (sulfide) groups is 1. The first kappa shape index (κ1) is 9.81. The maximum Gasteiger partial charge on any atom is 0.103 e. The lowest BCUT2D eigenvalue weighted by molar-refractivity contribution is -0.0151. The molecule has 0 aromatic carbocycles. The van der Waals surface area contributed by atoms with Gasteiger partial charge >= 0.3 is 0 Å². The predicted molar refractivity (Wildman–Crippen MR) is 54.8 cm³/mol. The second kappa shape index (κ2) is 4.67. The monoisotopic (exact) mass is 202 g/mol. The van der Waals surface area contributed by atoms with Gasteiger partial charge in [-0.05, 0) is 44.3 Å². The average Bonchev–Trinajstić information content (AvgIpc) is 2.62. The third kappa shape index (κ3) is 2.86. The summed E-state index contributed by atoms with van der Waals surface area (Å²) in [5.41, 5.74) is 0.459. The van der Waals surface area contributed by atoms with E-state index in [-0.39, 0.29) is 6.10 Å². The van der Waals surface area contributed by atoms with Crippen molar-refractivity contribution in [1.82, 2.24) is 0 Å². The summed E-state index contributed by atoms with van der Waals surface area (Å²) in [7, 11) is 0. The van der Waals surface area contributed by atoms with Gasteiger partial charge in [0, 0.05) is 0 Å². The van der Waals surface area contributed by atoms with E-state index in [1.807, 2.05) is 11.8 Å². The fourth-order valence-corrected chi connectivity index (χ4v) is 3.22. The summed E-state index contributed by atoms with van der Waals surface area (Å²) in [5, 5.41) is 9.33. The molecule has 1 atom stereocenters. The summed E-state index contributed by atoms with van der Waals surface area (Å²) >= 11 is 1.95. The first-order valence-corrected chi connectivity index (χ1v) is 6.34. The molecule has 1 saturated heterocycles. The van der Waals surface area contributed by atoms with E-state index in [0.717, 1.165) is 25.7 Å². The molecule has 1 aliphatic carbocycles. The average molecular weight is 202 g/mol. The van der Waals surface area contributed by atoms with Crippen molar-refractivity contribution in [1.29, 1.82) is 0 Å². The van der Waals surface area contributed by atoms with Gasteiger partial charge in [0.15, 0.2) is 0 Å². The molecule has 1 unspecified atom stereocenters. The van der Waals surface area contributed by atoms with Crippen molar-refractivity contribution in [3.05, 3.63) is 0 Å². The van der Waals surface area contributed by atoms with Crippen molar-refractivity contribution in [2.75, 3.05) is 5.75 Å². The smallest absolute Gasteiger partial charge is 0.103 e. The zero-order valence-electron chi connectivity index (χ0n) is 7.95. The van der Waals surface area contributed by atoms with E-state index in [9.17, 15) is 5.11 Å². The summed E-state index contributed by atoms with van der Waals surface area (Å²) < 4.78 is 5.95. The lowest BCUT2D eigenvalue weighted by Gasteiger charge is -2.27. The molecule has 76 valence electrons. The third-order valence-corrected chi connectivity index (χ3v) is 4.12. The number of rotatable bonds is 2. The van der Waals surface area contributed by atoms with Crippen LogP contribution in [0.25, 0.3) is 0 Å². The summed E-state index contributed by atoms with van der Waals surface area (Å²) in [6, 6.07) is 0. The Morgan fingerprint density at radius 3 is 2.46 bits per heavy atom. The lowest BCUT2D eigenvalue weighted by Crippen LogP contribution is -2.26. The van der Waals surface area contributed by atoms with E-state index >= 15 is 0 Å². The highest BCUT2D eigenvalue weighted by molar-refractivity contribution is 8.00. The van der Waals surface area contributed by atoms with Crippen LogP contribution < -0.4 is 0 Å². The minimum atomic E-state index is -0.0592. The van der Waals surface area contributed by atoms with Gasteiger partial charge in [0.1, 0.15) is 5.44 Å². The molecule has 1 heterocycles. The van der Waals surface area contributed by atoms with Crippen LogP contribution in [0.3, 0.4) is 0 Å². The highest BCUT2D eigenvalue weighted by Crippen LogP contribution is 2.31. The minimum Gasteiger partial charge on any atom is -0.393 e. The fourth-order valence-electron chi connectivity index (χ4n) is 2.05. The zero-order valence-corrected chi connectivity index (χ0v) is 8.76. The molecule has 0 spiro atoms. The molecule has 13 heavy (non-hydrogen) atoms. The highest BCUT2D eigenvalue weighted by atomic mass is 32.2. The molecule has 0 radical (unpaired) electrons. The van der Waals surface area contributed by atoms with E-state index in [0.29, 0.717) is 11.5 Å². The van der Waals surface area contributed by atoms with Gasteiger partial charge in [-0.3, -0.25) is 0 Å². The van der Waals surface area contributed by atoms with Gasteiger partial charge in [-0.15, -0.1) is 11.8 Å². The fraction of sp³-hybridized carbons (Fsp3) is 1.00. The first-order chi connectivity index (χ1) is 6.34. The van der Waals surface area contributed by atoms with Gasteiger partial charge in [0.05, 0.1) is 12.2 Å². The van der Waals surface area contributed by atoms with E-state index in [1.165, 1.54) is 18.6 Å². The molecule has 2 fully saturated rings.